The van der Waals surface area contributed by atoms with Crippen molar-refractivity contribution in [1.82, 2.24) is 15.1 Å². The van der Waals surface area contributed by atoms with Crippen LogP contribution in [0.15, 0.2) is 0 Å². The third-order valence-electron chi connectivity index (χ3n) is 4.80. The van der Waals surface area contributed by atoms with E-state index in [9.17, 15) is 14.4 Å². The van der Waals surface area contributed by atoms with Gasteiger partial charge in [-0.3, -0.25) is 14.4 Å². The van der Waals surface area contributed by atoms with E-state index in [2.05, 4.69) is 5.32 Å². The molecule has 3 fully saturated rings. The smallest absolute Gasteiger partial charge is 0.245 e. The van der Waals surface area contributed by atoms with E-state index >= 15 is 0 Å². The Morgan fingerprint density at radius 3 is 2.78 bits per heavy atom. The zero-order valence-electron chi connectivity index (χ0n) is 13.5. The first kappa shape index (κ1) is 16.6. The van der Waals surface area contributed by atoms with E-state index in [0.29, 0.717) is 38.5 Å². The van der Waals surface area contributed by atoms with Crippen LogP contribution in [0.5, 0.6) is 0 Å². The lowest BCUT2D eigenvalue weighted by Crippen LogP contribution is -2.55. The Labute approximate surface area is 140 Å². The molecule has 7 nitrogen and oxygen atoms in total. The summed E-state index contributed by atoms with van der Waals surface area (Å²) in [5, 5.41) is 2.79. The van der Waals surface area contributed by atoms with Gasteiger partial charge in [0.1, 0.15) is 12.1 Å². The van der Waals surface area contributed by atoms with E-state index in [1.54, 1.807) is 28.5 Å². The highest BCUT2D eigenvalue weighted by molar-refractivity contribution is 8.01. The Balaban J connectivity index is 1.60. The summed E-state index contributed by atoms with van der Waals surface area (Å²) in [6.07, 6.45) is 1.28. The monoisotopic (exact) mass is 341 g/mol. The summed E-state index contributed by atoms with van der Waals surface area (Å²) in [5.41, 5.74) is 0. The van der Waals surface area contributed by atoms with E-state index in [0.717, 1.165) is 6.42 Å². The lowest BCUT2D eigenvalue weighted by atomic mass is 10.2. The van der Waals surface area contributed by atoms with Crippen molar-refractivity contribution in [3.63, 3.8) is 0 Å². The summed E-state index contributed by atoms with van der Waals surface area (Å²) in [7, 11) is 0. The molecular formula is C15H23N3O4S. The van der Waals surface area contributed by atoms with Gasteiger partial charge in [-0.1, -0.05) is 0 Å². The summed E-state index contributed by atoms with van der Waals surface area (Å²) in [6.45, 7) is 5.89. The van der Waals surface area contributed by atoms with Crippen molar-refractivity contribution in [3.8, 4) is 0 Å². The van der Waals surface area contributed by atoms with Crippen molar-refractivity contribution in [2.45, 2.75) is 43.6 Å². The van der Waals surface area contributed by atoms with Crippen molar-refractivity contribution < 1.29 is 19.1 Å². The zero-order chi connectivity index (χ0) is 16.6. The van der Waals surface area contributed by atoms with Crippen LogP contribution in [0.1, 0.15) is 26.7 Å². The molecular weight excluding hydrogens is 318 g/mol. The van der Waals surface area contributed by atoms with Crippen molar-refractivity contribution >= 4 is 29.5 Å². The van der Waals surface area contributed by atoms with Crippen LogP contribution in [0.25, 0.3) is 0 Å². The summed E-state index contributed by atoms with van der Waals surface area (Å²) in [5.74, 6) is 0.296. The van der Waals surface area contributed by atoms with Gasteiger partial charge < -0.3 is 19.9 Å². The fourth-order valence-corrected chi connectivity index (χ4v) is 4.88. The number of nitrogens with zero attached hydrogens (tertiary/aromatic N) is 2. The minimum atomic E-state index is -0.588. The number of carbonyl (C=O) groups is 3. The van der Waals surface area contributed by atoms with Crippen LogP contribution in [0.2, 0.25) is 0 Å². The topological polar surface area (TPSA) is 79.0 Å². The Morgan fingerprint density at radius 2 is 2.09 bits per heavy atom. The summed E-state index contributed by atoms with van der Waals surface area (Å²) in [6, 6.07) is -1.06. The molecule has 3 aliphatic heterocycles. The molecule has 3 rings (SSSR count). The van der Waals surface area contributed by atoms with Gasteiger partial charge in [-0.25, -0.2) is 0 Å². The van der Waals surface area contributed by atoms with Crippen LogP contribution in [-0.4, -0.2) is 76.5 Å². The third kappa shape index (κ3) is 3.06. The number of nitrogens with one attached hydrogen (secondary N) is 1. The second-order valence-electron chi connectivity index (χ2n) is 6.43. The van der Waals surface area contributed by atoms with E-state index in [1.807, 2.05) is 6.92 Å². The second kappa shape index (κ2) is 6.32. The summed E-state index contributed by atoms with van der Waals surface area (Å²) < 4.78 is 5.23. The van der Waals surface area contributed by atoms with Gasteiger partial charge in [-0.2, -0.15) is 0 Å². The largest absolute Gasteiger partial charge is 0.378 e. The predicted molar refractivity (Wildman–Crippen MR) is 85.7 cm³/mol. The molecule has 0 radical (unpaired) electrons. The van der Waals surface area contributed by atoms with Crippen LogP contribution in [0.4, 0.5) is 0 Å². The number of fused-ring (bicyclic) bond motifs is 1. The van der Waals surface area contributed by atoms with Gasteiger partial charge in [0, 0.05) is 25.3 Å². The Hall–Kier alpha value is -1.28. The fraction of sp³-hybridized carbons (Fsp3) is 0.800. The summed E-state index contributed by atoms with van der Waals surface area (Å²) >= 11 is 1.65. The number of rotatable bonds is 3. The second-order valence-corrected chi connectivity index (χ2v) is 7.94. The molecule has 23 heavy (non-hydrogen) atoms. The molecule has 3 atom stereocenters. The van der Waals surface area contributed by atoms with Gasteiger partial charge in [0.2, 0.25) is 17.7 Å². The van der Waals surface area contributed by atoms with Crippen LogP contribution < -0.4 is 5.32 Å². The van der Waals surface area contributed by atoms with Crippen LogP contribution in [-0.2, 0) is 19.1 Å². The van der Waals surface area contributed by atoms with Crippen molar-refractivity contribution in [2.75, 3.05) is 32.1 Å². The first-order valence-corrected chi connectivity index (χ1v) is 9.04. The first-order valence-electron chi connectivity index (χ1n) is 8.05. The highest BCUT2D eigenvalue weighted by Gasteiger charge is 2.53. The van der Waals surface area contributed by atoms with Gasteiger partial charge >= 0.3 is 0 Å². The highest BCUT2D eigenvalue weighted by atomic mass is 32.2. The maximum atomic E-state index is 12.6. The standard InChI is InChI=1S/C15H23N3O4S/c1-10(14(21)17-5-7-22-8-6-17)16-13(20)11-9-23-15(2)4-3-12(19)18(11)15/h10-11H,3-9H2,1-2H3,(H,16,20). The fourth-order valence-electron chi connectivity index (χ4n) is 3.44. The van der Waals surface area contributed by atoms with Crippen LogP contribution >= 0.6 is 11.8 Å². The Bertz CT molecular complexity index is 523. The van der Waals surface area contributed by atoms with Gasteiger partial charge in [-0.05, 0) is 20.3 Å². The molecule has 1 N–H and O–H groups in total. The van der Waals surface area contributed by atoms with Crippen molar-refractivity contribution in [1.29, 1.82) is 0 Å². The molecule has 0 aromatic heterocycles. The normalized spacial score (nSPS) is 31.9. The van der Waals surface area contributed by atoms with Gasteiger partial charge in [-0.15, -0.1) is 11.8 Å². The number of thioether (sulfide) groups is 1. The number of morpholine rings is 1. The number of carbonyl (C=O) groups excluding carboxylic acids is 3. The average Bonchev–Trinajstić information content (AvgIpc) is 3.04. The minimum Gasteiger partial charge on any atom is -0.378 e. The molecule has 0 aromatic carbocycles. The highest BCUT2D eigenvalue weighted by Crippen LogP contribution is 2.47. The molecule has 3 amide bonds. The minimum absolute atomic E-state index is 0.0322. The molecule has 0 aromatic rings. The number of amides is 3. The van der Waals surface area contributed by atoms with E-state index in [-0.39, 0.29) is 22.6 Å². The molecule has 0 bridgehead atoms. The molecule has 8 heteroatoms. The zero-order valence-corrected chi connectivity index (χ0v) is 14.4. The maximum absolute atomic E-state index is 12.6. The van der Waals surface area contributed by atoms with Crippen LogP contribution in [0.3, 0.4) is 0 Å². The lowest BCUT2D eigenvalue weighted by Gasteiger charge is -2.32. The SMILES string of the molecule is CC(NC(=O)C1CSC2(C)CCC(=O)N12)C(=O)N1CCOCC1. The molecule has 3 unspecified atom stereocenters. The maximum Gasteiger partial charge on any atom is 0.245 e. The molecule has 0 spiro atoms. The van der Waals surface area contributed by atoms with Crippen molar-refractivity contribution in [2.24, 2.45) is 0 Å². The number of hydrogen-bond donors (Lipinski definition) is 1. The van der Waals surface area contributed by atoms with Crippen LogP contribution in [0, 0.1) is 0 Å². The van der Waals surface area contributed by atoms with Crippen molar-refractivity contribution in [3.05, 3.63) is 0 Å². The third-order valence-corrected chi connectivity index (χ3v) is 6.30. The lowest BCUT2D eigenvalue weighted by molar-refractivity contribution is -0.142. The van der Waals surface area contributed by atoms with Gasteiger partial charge in [0.25, 0.3) is 0 Å². The van der Waals surface area contributed by atoms with E-state index < -0.39 is 12.1 Å². The Morgan fingerprint density at radius 1 is 1.39 bits per heavy atom. The molecule has 3 saturated heterocycles. The number of hydrogen-bond acceptors (Lipinski definition) is 5. The van der Waals surface area contributed by atoms with Gasteiger partial charge in [0.05, 0.1) is 18.1 Å². The number of ether oxygens (including phenoxy) is 1. The summed E-state index contributed by atoms with van der Waals surface area (Å²) in [4.78, 5) is 40.2. The molecule has 3 heterocycles. The average molecular weight is 341 g/mol. The van der Waals surface area contributed by atoms with Gasteiger partial charge in [0.15, 0.2) is 0 Å². The molecule has 0 saturated carbocycles. The molecule has 0 aliphatic carbocycles. The molecule has 3 aliphatic rings. The first-order chi connectivity index (χ1) is 10.9. The molecule has 128 valence electrons. The quantitative estimate of drug-likeness (QED) is 0.769. The Kier molecular flexibility index (Phi) is 4.55. The van der Waals surface area contributed by atoms with E-state index in [4.69, 9.17) is 4.74 Å². The predicted octanol–water partition coefficient (Wildman–Crippen LogP) is -0.196. The van der Waals surface area contributed by atoms with E-state index in [1.165, 1.54) is 0 Å².